The van der Waals surface area contributed by atoms with Crippen molar-refractivity contribution in [2.45, 2.75) is 52.0 Å². The molecule has 24 heavy (non-hydrogen) atoms. The number of carbonyl (C=O) groups is 1. The van der Waals surface area contributed by atoms with E-state index in [9.17, 15) is 4.79 Å². The minimum atomic E-state index is -0.0186. The highest BCUT2D eigenvalue weighted by Crippen LogP contribution is 2.26. The van der Waals surface area contributed by atoms with Crippen molar-refractivity contribution in [1.82, 2.24) is 30.6 Å². The molecule has 1 aliphatic rings. The highest BCUT2D eigenvalue weighted by atomic mass is 16.5. The summed E-state index contributed by atoms with van der Waals surface area (Å²) in [5.41, 5.74) is 1.99. The van der Waals surface area contributed by atoms with E-state index in [1.54, 1.807) is 0 Å². The Hall–Kier alpha value is -2.38. The molecule has 2 aromatic rings. The molecular formula is C16H24N6O2. The Morgan fingerprint density at radius 1 is 1.46 bits per heavy atom. The van der Waals surface area contributed by atoms with Crippen LogP contribution in [0.3, 0.4) is 0 Å². The summed E-state index contributed by atoms with van der Waals surface area (Å²) >= 11 is 0. The number of likely N-dealkylation sites (tertiary alicyclic amines) is 1. The van der Waals surface area contributed by atoms with E-state index in [0.717, 1.165) is 24.2 Å². The minimum absolute atomic E-state index is 0.0186. The zero-order valence-electron chi connectivity index (χ0n) is 14.4. The predicted octanol–water partition coefficient (Wildman–Crippen LogP) is 1.93. The molecular weight excluding hydrogens is 308 g/mol. The summed E-state index contributed by atoms with van der Waals surface area (Å²) in [6, 6.07) is 2.02. The van der Waals surface area contributed by atoms with Crippen LogP contribution < -0.4 is 5.32 Å². The number of rotatable bonds is 4. The fraction of sp³-hybridized carbons (Fsp3) is 0.625. The van der Waals surface area contributed by atoms with E-state index in [1.165, 1.54) is 0 Å². The van der Waals surface area contributed by atoms with Gasteiger partial charge in [-0.05, 0) is 39.7 Å². The maximum atomic E-state index is 12.4. The smallest absolute Gasteiger partial charge is 0.317 e. The topological polar surface area (TPSA) is 99.9 Å². The van der Waals surface area contributed by atoms with Gasteiger partial charge in [-0.15, -0.1) is 0 Å². The molecule has 0 bridgehead atoms. The average molecular weight is 332 g/mol. The van der Waals surface area contributed by atoms with Gasteiger partial charge in [-0.25, -0.2) is 4.79 Å². The number of piperidine rings is 1. The van der Waals surface area contributed by atoms with E-state index in [-0.39, 0.29) is 18.0 Å². The third kappa shape index (κ3) is 3.93. The Morgan fingerprint density at radius 3 is 2.79 bits per heavy atom. The number of carbonyl (C=O) groups excluding carboxylic acids is 1. The number of amides is 2. The van der Waals surface area contributed by atoms with Crippen LogP contribution in [0, 0.1) is 13.8 Å². The summed E-state index contributed by atoms with van der Waals surface area (Å²) in [7, 11) is 0. The first kappa shape index (κ1) is 16.5. The van der Waals surface area contributed by atoms with Gasteiger partial charge in [0.25, 0.3) is 0 Å². The zero-order chi connectivity index (χ0) is 17.1. The Bertz CT molecular complexity index is 686. The molecule has 1 atom stereocenters. The summed E-state index contributed by atoms with van der Waals surface area (Å²) in [5, 5.41) is 14.0. The molecule has 3 rings (SSSR count). The summed E-state index contributed by atoms with van der Waals surface area (Å²) in [4.78, 5) is 18.5. The molecule has 0 radical (unpaired) electrons. The zero-order valence-corrected chi connectivity index (χ0v) is 14.4. The molecule has 1 fully saturated rings. The highest BCUT2D eigenvalue weighted by molar-refractivity contribution is 5.74. The molecule has 1 unspecified atom stereocenters. The minimum Gasteiger partial charge on any atom is -0.339 e. The standard InChI is InChI=1S/C16H24N6O2/c1-10(8-14-9-11(2)19-20-14)17-16(23)22-6-4-13(5-7-22)15-18-12(3)21-24-15/h9-10,13H,4-8H2,1-3H3,(H,17,23)(H,19,20). The first-order valence-electron chi connectivity index (χ1n) is 8.38. The SMILES string of the molecule is Cc1noc(C2CCN(C(=O)NC(C)Cc3cc(C)[nH]n3)CC2)n1. The van der Waals surface area contributed by atoms with Crippen LogP contribution in [0.2, 0.25) is 0 Å². The van der Waals surface area contributed by atoms with Crippen LogP contribution in [0.5, 0.6) is 0 Å². The number of hydrogen-bond donors (Lipinski definition) is 2. The van der Waals surface area contributed by atoms with Gasteiger partial charge in [0, 0.05) is 37.2 Å². The van der Waals surface area contributed by atoms with Gasteiger partial charge in [-0.1, -0.05) is 5.16 Å². The average Bonchev–Trinajstić information content (AvgIpc) is 3.16. The van der Waals surface area contributed by atoms with Gasteiger partial charge >= 0.3 is 6.03 Å². The van der Waals surface area contributed by atoms with Crippen molar-refractivity contribution >= 4 is 6.03 Å². The Balaban J connectivity index is 1.46. The largest absolute Gasteiger partial charge is 0.339 e. The Kier molecular flexibility index (Phi) is 4.82. The van der Waals surface area contributed by atoms with Crippen LogP contribution in [0.25, 0.3) is 0 Å². The van der Waals surface area contributed by atoms with Gasteiger partial charge in [-0.2, -0.15) is 10.1 Å². The van der Waals surface area contributed by atoms with E-state index in [4.69, 9.17) is 4.52 Å². The Morgan fingerprint density at radius 2 is 2.21 bits per heavy atom. The summed E-state index contributed by atoms with van der Waals surface area (Å²) < 4.78 is 5.24. The molecule has 0 saturated carbocycles. The van der Waals surface area contributed by atoms with E-state index >= 15 is 0 Å². The van der Waals surface area contributed by atoms with Gasteiger partial charge < -0.3 is 14.7 Å². The molecule has 2 aromatic heterocycles. The lowest BCUT2D eigenvalue weighted by molar-refractivity contribution is 0.172. The van der Waals surface area contributed by atoms with Crippen LogP contribution >= 0.6 is 0 Å². The second kappa shape index (κ2) is 7.02. The molecule has 8 nitrogen and oxygen atoms in total. The molecule has 8 heteroatoms. The predicted molar refractivity (Wildman–Crippen MR) is 87.6 cm³/mol. The van der Waals surface area contributed by atoms with Gasteiger partial charge in [-0.3, -0.25) is 5.10 Å². The molecule has 0 aliphatic carbocycles. The molecule has 0 spiro atoms. The van der Waals surface area contributed by atoms with Crippen molar-refractivity contribution < 1.29 is 9.32 Å². The number of H-pyrrole nitrogens is 1. The van der Waals surface area contributed by atoms with Gasteiger partial charge in [0.1, 0.15) is 0 Å². The lowest BCUT2D eigenvalue weighted by Gasteiger charge is -2.31. The first-order chi connectivity index (χ1) is 11.5. The highest BCUT2D eigenvalue weighted by Gasteiger charge is 2.27. The van der Waals surface area contributed by atoms with Crippen LogP contribution in [0.4, 0.5) is 4.79 Å². The van der Waals surface area contributed by atoms with Gasteiger partial charge in [0.2, 0.25) is 5.89 Å². The summed E-state index contributed by atoms with van der Waals surface area (Å²) in [6.07, 6.45) is 2.41. The van der Waals surface area contributed by atoms with Crippen molar-refractivity contribution in [3.8, 4) is 0 Å². The first-order valence-corrected chi connectivity index (χ1v) is 8.38. The van der Waals surface area contributed by atoms with Gasteiger partial charge in [0.15, 0.2) is 5.82 Å². The molecule has 0 aromatic carbocycles. The number of aromatic nitrogens is 4. The third-order valence-electron chi connectivity index (χ3n) is 4.32. The fourth-order valence-electron chi connectivity index (χ4n) is 3.05. The van der Waals surface area contributed by atoms with E-state index in [0.29, 0.717) is 31.2 Å². The van der Waals surface area contributed by atoms with Crippen LogP contribution in [0.1, 0.15) is 48.8 Å². The number of nitrogens with one attached hydrogen (secondary N) is 2. The third-order valence-corrected chi connectivity index (χ3v) is 4.32. The summed E-state index contributed by atoms with van der Waals surface area (Å²) in [6.45, 7) is 7.18. The van der Waals surface area contributed by atoms with Crippen molar-refractivity contribution in [1.29, 1.82) is 0 Å². The van der Waals surface area contributed by atoms with Crippen LogP contribution in [-0.4, -0.2) is 50.4 Å². The Labute approximate surface area is 141 Å². The fourth-order valence-corrected chi connectivity index (χ4v) is 3.05. The number of aryl methyl sites for hydroxylation is 2. The van der Waals surface area contributed by atoms with Crippen molar-refractivity contribution in [3.63, 3.8) is 0 Å². The molecule has 130 valence electrons. The normalized spacial score (nSPS) is 17.0. The molecule has 3 heterocycles. The number of hydrogen-bond acceptors (Lipinski definition) is 5. The number of aromatic amines is 1. The van der Waals surface area contributed by atoms with Crippen molar-refractivity contribution in [2.75, 3.05) is 13.1 Å². The van der Waals surface area contributed by atoms with E-state index in [1.807, 2.05) is 31.7 Å². The molecule has 1 saturated heterocycles. The van der Waals surface area contributed by atoms with Gasteiger partial charge in [0.05, 0.1) is 5.69 Å². The van der Waals surface area contributed by atoms with E-state index < -0.39 is 0 Å². The lowest BCUT2D eigenvalue weighted by Crippen LogP contribution is -2.47. The van der Waals surface area contributed by atoms with Crippen molar-refractivity contribution in [2.24, 2.45) is 0 Å². The summed E-state index contributed by atoms with van der Waals surface area (Å²) in [5.74, 6) is 1.60. The van der Waals surface area contributed by atoms with E-state index in [2.05, 4.69) is 25.7 Å². The maximum Gasteiger partial charge on any atom is 0.317 e. The lowest BCUT2D eigenvalue weighted by atomic mass is 9.97. The molecule has 2 N–H and O–H groups in total. The number of nitrogens with zero attached hydrogens (tertiary/aromatic N) is 4. The van der Waals surface area contributed by atoms with Crippen molar-refractivity contribution in [3.05, 3.63) is 29.2 Å². The van der Waals surface area contributed by atoms with Crippen LogP contribution in [0.15, 0.2) is 10.6 Å². The monoisotopic (exact) mass is 332 g/mol. The molecule has 2 amide bonds. The second-order valence-corrected chi connectivity index (χ2v) is 6.54. The van der Waals surface area contributed by atoms with Crippen LogP contribution in [-0.2, 0) is 6.42 Å². The number of urea groups is 1. The maximum absolute atomic E-state index is 12.4. The molecule has 1 aliphatic heterocycles. The quantitative estimate of drug-likeness (QED) is 0.891. The second-order valence-electron chi connectivity index (χ2n) is 6.54.